The number of aromatic amines is 1. The molecule has 1 aliphatic rings. The maximum absolute atomic E-state index is 3.61. The Balaban J connectivity index is 1.92. The third-order valence-corrected chi connectivity index (χ3v) is 4.40. The van der Waals surface area contributed by atoms with Crippen LogP contribution in [0.1, 0.15) is 11.3 Å². The Kier molecular flexibility index (Phi) is 3.41. The number of piperazine rings is 1. The largest absolute Gasteiger partial charge is 0.356 e. The summed E-state index contributed by atoms with van der Waals surface area (Å²) < 4.78 is 1.15. The number of aryl methyl sites for hydroxylation is 1. The molecule has 3 nitrogen and oxygen atoms in total. The van der Waals surface area contributed by atoms with Crippen molar-refractivity contribution in [2.24, 2.45) is 0 Å². The molecule has 0 radical (unpaired) electrons. The highest BCUT2D eigenvalue weighted by molar-refractivity contribution is 9.10. The molecule has 0 unspecified atom stereocenters. The highest BCUT2D eigenvalue weighted by atomic mass is 79.9. The lowest BCUT2D eigenvalue weighted by Gasteiger charge is -2.26. The number of nitrogens with one attached hydrogen (secondary N) is 2. The Bertz CT molecular complexity index is 555. The summed E-state index contributed by atoms with van der Waals surface area (Å²) in [5, 5.41) is 4.72. The molecule has 0 bridgehead atoms. The number of aromatic nitrogens is 1. The SMILES string of the molecule is Cc1c(CN2CCNCC2)[nH]c2c(Br)cccc12. The van der Waals surface area contributed by atoms with Gasteiger partial charge in [0.25, 0.3) is 0 Å². The second-order valence-corrected chi connectivity index (χ2v) is 5.77. The van der Waals surface area contributed by atoms with E-state index in [-0.39, 0.29) is 0 Å². The van der Waals surface area contributed by atoms with E-state index >= 15 is 0 Å². The molecule has 1 aromatic heterocycles. The number of halogens is 1. The van der Waals surface area contributed by atoms with Crippen molar-refractivity contribution in [3.8, 4) is 0 Å². The summed E-state index contributed by atoms with van der Waals surface area (Å²) in [6, 6.07) is 6.38. The van der Waals surface area contributed by atoms with Crippen molar-refractivity contribution in [3.63, 3.8) is 0 Å². The average Bonchev–Trinajstić information content (AvgIpc) is 2.70. The molecule has 3 rings (SSSR count). The minimum absolute atomic E-state index is 1.02. The van der Waals surface area contributed by atoms with Crippen LogP contribution in [0.15, 0.2) is 22.7 Å². The van der Waals surface area contributed by atoms with Crippen LogP contribution >= 0.6 is 15.9 Å². The van der Waals surface area contributed by atoms with Crippen molar-refractivity contribution in [1.82, 2.24) is 15.2 Å². The first-order chi connectivity index (χ1) is 8.75. The van der Waals surface area contributed by atoms with Crippen molar-refractivity contribution in [1.29, 1.82) is 0 Å². The molecule has 0 aliphatic carbocycles. The van der Waals surface area contributed by atoms with E-state index in [1.54, 1.807) is 0 Å². The van der Waals surface area contributed by atoms with Gasteiger partial charge in [0.2, 0.25) is 0 Å². The second-order valence-electron chi connectivity index (χ2n) is 4.92. The van der Waals surface area contributed by atoms with Crippen LogP contribution in [0.2, 0.25) is 0 Å². The molecule has 4 heteroatoms. The molecule has 0 saturated carbocycles. The molecule has 1 saturated heterocycles. The number of benzene rings is 1. The zero-order valence-electron chi connectivity index (χ0n) is 10.6. The summed E-state index contributed by atoms with van der Waals surface area (Å²) >= 11 is 3.61. The van der Waals surface area contributed by atoms with Gasteiger partial charge >= 0.3 is 0 Å². The maximum atomic E-state index is 3.61. The van der Waals surface area contributed by atoms with E-state index in [9.17, 15) is 0 Å². The molecule has 0 amide bonds. The number of para-hydroxylation sites is 1. The number of nitrogens with zero attached hydrogens (tertiary/aromatic N) is 1. The van der Waals surface area contributed by atoms with E-state index in [0.29, 0.717) is 0 Å². The van der Waals surface area contributed by atoms with Crippen LogP contribution in [0.4, 0.5) is 0 Å². The summed E-state index contributed by atoms with van der Waals surface area (Å²) in [6.45, 7) is 7.70. The van der Waals surface area contributed by atoms with Gasteiger partial charge in [-0.15, -0.1) is 0 Å². The fourth-order valence-electron chi connectivity index (χ4n) is 2.62. The number of hydrogen-bond donors (Lipinski definition) is 2. The van der Waals surface area contributed by atoms with Gasteiger partial charge in [-0.25, -0.2) is 0 Å². The van der Waals surface area contributed by atoms with Gasteiger partial charge in [0.05, 0.1) is 5.52 Å². The van der Waals surface area contributed by atoms with Crippen LogP contribution in [0.25, 0.3) is 10.9 Å². The number of H-pyrrole nitrogens is 1. The second kappa shape index (κ2) is 5.03. The summed E-state index contributed by atoms with van der Waals surface area (Å²) in [4.78, 5) is 6.07. The van der Waals surface area contributed by atoms with Crippen molar-refractivity contribution in [3.05, 3.63) is 33.9 Å². The van der Waals surface area contributed by atoms with Crippen LogP contribution < -0.4 is 5.32 Å². The maximum Gasteiger partial charge on any atom is 0.0603 e. The Morgan fingerprint density at radius 2 is 2.06 bits per heavy atom. The monoisotopic (exact) mass is 307 g/mol. The highest BCUT2D eigenvalue weighted by Gasteiger charge is 2.14. The zero-order valence-corrected chi connectivity index (χ0v) is 12.2. The number of rotatable bonds is 2. The van der Waals surface area contributed by atoms with Crippen molar-refractivity contribution in [2.75, 3.05) is 26.2 Å². The molecular formula is C14H18BrN3. The molecular weight excluding hydrogens is 290 g/mol. The number of fused-ring (bicyclic) bond motifs is 1. The van der Waals surface area contributed by atoms with Gasteiger partial charge in [0.15, 0.2) is 0 Å². The summed E-state index contributed by atoms with van der Waals surface area (Å²) in [7, 11) is 0. The predicted octanol–water partition coefficient (Wildman–Crippen LogP) is 2.64. The fourth-order valence-corrected chi connectivity index (χ4v) is 3.09. The summed E-state index contributed by atoms with van der Waals surface area (Å²) in [5.41, 5.74) is 3.95. The first kappa shape index (κ1) is 12.2. The lowest BCUT2D eigenvalue weighted by molar-refractivity contribution is 0.231. The Morgan fingerprint density at radius 3 is 2.78 bits per heavy atom. The minimum atomic E-state index is 1.02. The Labute approximate surface area is 116 Å². The predicted molar refractivity (Wildman–Crippen MR) is 78.9 cm³/mol. The molecule has 96 valence electrons. The standard InChI is InChI=1S/C14H18BrN3/c1-10-11-3-2-4-12(15)14(11)17-13(10)9-18-7-5-16-6-8-18/h2-4,16-17H,5-9H2,1H3. The van der Waals surface area contributed by atoms with E-state index in [1.807, 2.05) is 0 Å². The zero-order chi connectivity index (χ0) is 12.5. The quantitative estimate of drug-likeness (QED) is 0.893. The van der Waals surface area contributed by atoms with E-state index in [0.717, 1.165) is 37.2 Å². The first-order valence-corrected chi connectivity index (χ1v) is 7.24. The third-order valence-electron chi connectivity index (χ3n) is 3.74. The van der Waals surface area contributed by atoms with E-state index in [2.05, 4.69) is 56.3 Å². The van der Waals surface area contributed by atoms with Gasteiger partial charge in [-0.05, 0) is 34.5 Å². The molecule has 2 heterocycles. The lowest BCUT2D eigenvalue weighted by Crippen LogP contribution is -2.43. The average molecular weight is 308 g/mol. The van der Waals surface area contributed by atoms with Gasteiger partial charge in [-0.3, -0.25) is 4.90 Å². The van der Waals surface area contributed by atoms with Crippen LogP contribution in [0.3, 0.4) is 0 Å². The minimum Gasteiger partial charge on any atom is -0.356 e. The smallest absolute Gasteiger partial charge is 0.0603 e. The van der Waals surface area contributed by atoms with Crippen molar-refractivity contribution >= 4 is 26.8 Å². The topological polar surface area (TPSA) is 31.1 Å². The molecule has 1 aliphatic heterocycles. The van der Waals surface area contributed by atoms with Gasteiger partial charge in [-0.1, -0.05) is 12.1 Å². The molecule has 1 aromatic carbocycles. The van der Waals surface area contributed by atoms with Crippen LogP contribution in [0, 0.1) is 6.92 Å². The molecule has 1 fully saturated rings. The Morgan fingerprint density at radius 1 is 1.28 bits per heavy atom. The van der Waals surface area contributed by atoms with Gasteiger partial charge < -0.3 is 10.3 Å². The molecule has 0 atom stereocenters. The van der Waals surface area contributed by atoms with Crippen molar-refractivity contribution in [2.45, 2.75) is 13.5 Å². The molecule has 2 N–H and O–H groups in total. The highest BCUT2D eigenvalue weighted by Crippen LogP contribution is 2.28. The third kappa shape index (κ3) is 2.20. The molecule has 2 aromatic rings. The van der Waals surface area contributed by atoms with E-state index < -0.39 is 0 Å². The van der Waals surface area contributed by atoms with Gasteiger partial charge in [0.1, 0.15) is 0 Å². The van der Waals surface area contributed by atoms with E-state index in [4.69, 9.17) is 0 Å². The van der Waals surface area contributed by atoms with Gasteiger partial charge in [-0.2, -0.15) is 0 Å². The number of hydrogen-bond acceptors (Lipinski definition) is 2. The van der Waals surface area contributed by atoms with Crippen molar-refractivity contribution < 1.29 is 0 Å². The fraction of sp³-hybridized carbons (Fsp3) is 0.429. The normalized spacial score (nSPS) is 17.4. The van der Waals surface area contributed by atoms with Crippen LogP contribution in [-0.2, 0) is 6.54 Å². The lowest BCUT2D eigenvalue weighted by atomic mass is 10.1. The summed E-state index contributed by atoms with van der Waals surface area (Å²) in [6.07, 6.45) is 0. The van der Waals surface area contributed by atoms with Crippen LogP contribution in [0.5, 0.6) is 0 Å². The molecule has 18 heavy (non-hydrogen) atoms. The van der Waals surface area contributed by atoms with Gasteiger partial charge in [0, 0.05) is 48.3 Å². The molecule has 0 spiro atoms. The summed E-state index contributed by atoms with van der Waals surface area (Å²) in [5.74, 6) is 0. The Hall–Kier alpha value is -0.840. The van der Waals surface area contributed by atoms with Crippen LogP contribution in [-0.4, -0.2) is 36.1 Å². The van der Waals surface area contributed by atoms with E-state index in [1.165, 1.54) is 22.2 Å². The first-order valence-electron chi connectivity index (χ1n) is 6.44.